The van der Waals surface area contributed by atoms with Crippen molar-refractivity contribution in [3.05, 3.63) is 51.6 Å². The van der Waals surface area contributed by atoms with Crippen LogP contribution in [0.15, 0.2) is 29.6 Å². The number of halogens is 2. The van der Waals surface area contributed by atoms with Crippen molar-refractivity contribution in [2.24, 2.45) is 5.73 Å². The van der Waals surface area contributed by atoms with E-state index in [9.17, 15) is 18.8 Å². The van der Waals surface area contributed by atoms with E-state index in [0.717, 1.165) is 23.5 Å². The molecule has 0 spiro atoms. The summed E-state index contributed by atoms with van der Waals surface area (Å²) in [5.41, 5.74) is 4.98. The number of esters is 1. The average molecular weight is 371 g/mol. The Balaban J connectivity index is 2.04. The fourth-order valence-electron chi connectivity index (χ4n) is 1.75. The minimum absolute atomic E-state index is 0.131. The highest BCUT2D eigenvalue weighted by Gasteiger charge is 2.23. The lowest BCUT2D eigenvalue weighted by atomic mass is 10.2. The Morgan fingerprint density at radius 2 is 2.00 bits per heavy atom. The number of carbonyl (C=O) groups excluding carboxylic acids is 3. The molecule has 1 aromatic heterocycles. The van der Waals surface area contributed by atoms with Gasteiger partial charge >= 0.3 is 5.97 Å². The molecule has 1 unspecified atom stereocenters. The summed E-state index contributed by atoms with van der Waals surface area (Å²) in [6.07, 6.45) is -1.21. The number of benzene rings is 1. The molecule has 0 fully saturated rings. The number of nitrogens with one attached hydrogen (secondary N) is 1. The van der Waals surface area contributed by atoms with Gasteiger partial charge in [-0.3, -0.25) is 9.59 Å². The molecule has 0 aliphatic heterocycles. The number of carbonyl (C=O) groups is 3. The summed E-state index contributed by atoms with van der Waals surface area (Å²) < 4.78 is 18.6. The van der Waals surface area contributed by atoms with E-state index in [1.165, 1.54) is 19.1 Å². The number of hydrogen-bond donors (Lipinski definition) is 2. The van der Waals surface area contributed by atoms with Crippen molar-refractivity contribution in [1.82, 2.24) is 0 Å². The van der Waals surface area contributed by atoms with E-state index in [4.69, 9.17) is 22.1 Å². The molecule has 2 aromatic rings. The van der Waals surface area contributed by atoms with E-state index in [0.29, 0.717) is 0 Å². The second-order valence-electron chi connectivity index (χ2n) is 4.69. The highest BCUT2D eigenvalue weighted by molar-refractivity contribution is 7.14. The number of primary amides is 1. The van der Waals surface area contributed by atoms with E-state index in [-0.39, 0.29) is 21.2 Å². The lowest BCUT2D eigenvalue weighted by Crippen LogP contribution is -2.30. The summed E-state index contributed by atoms with van der Waals surface area (Å²) in [7, 11) is 0. The zero-order valence-electron chi connectivity index (χ0n) is 12.3. The first kappa shape index (κ1) is 17.9. The van der Waals surface area contributed by atoms with E-state index in [1.54, 1.807) is 5.38 Å². The Morgan fingerprint density at radius 1 is 1.29 bits per heavy atom. The normalized spacial score (nSPS) is 11.6. The highest BCUT2D eigenvalue weighted by atomic mass is 35.5. The average Bonchev–Trinajstić information content (AvgIpc) is 2.95. The molecule has 0 saturated carbocycles. The second-order valence-corrected chi connectivity index (χ2v) is 6.04. The van der Waals surface area contributed by atoms with Gasteiger partial charge in [-0.2, -0.15) is 0 Å². The van der Waals surface area contributed by atoms with Gasteiger partial charge in [0.25, 0.3) is 11.8 Å². The van der Waals surface area contributed by atoms with Crippen LogP contribution in [0.5, 0.6) is 0 Å². The maximum atomic E-state index is 13.7. The summed E-state index contributed by atoms with van der Waals surface area (Å²) >= 11 is 6.70. The molecule has 24 heavy (non-hydrogen) atoms. The van der Waals surface area contributed by atoms with Crippen LogP contribution in [0.3, 0.4) is 0 Å². The molecule has 2 amide bonds. The smallest absolute Gasteiger partial charge is 0.341 e. The minimum atomic E-state index is -1.21. The van der Waals surface area contributed by atoms with Gasteiger partial charge in [0.05, 0.1) is 11.1 Å². The molecular formula is C15H12ClFN2O4S. The van der Waals surface area contributed by atoms with Crippen molar-refractivity contribution in [3.8, 4) is 0 Å². The lowest BCUT2D eigenvalue weighted by Gasteiger charge is -2.13. The molecule has 0 bridgehead atoms. The van der Waals surface area contributed by atoms with Crippen LogP contribution >= 0.6 is 22.9 Å². The second kappa shape index (κ2) is 7.41. The molecule has 1 atom stereocenters. The quantitative estimate of drug-likeness (QED) is 0.790. The number of nitrogens with two attached hydrogens (primary N) is 1. The Morgan fingerprint density at radius 3 is 2.62 bits per heavy atom. The maximum Gasteiger partial charge on any atom is 0.341 e. The first-order valence-corrected chi connectivity index (χ1v) is 7.89. The molecule has 0 saturated heterocycles. The van der Waals surface area contributed by atoms with Crippen molar-refractivity contribution in [3.63, 3.8) is 0 Å². The Labute approximate surface area is 145 Å². The molecule has 3 N–H and O–H groups in total. The monoisotopic (exact) mass is 370 g/mol. The van der Waals surface area contributed by atoms with Crippen LogP contribution in [0.4, 0.5) is 9.39 Å². The number of hydrogen-bond acceptors (Lipinski definition) is 5. The van der Waals surface area contributed by atoms with Crippen molar-refractivity contribution in [2.45, 2.75) is 13.0 Å². The van der Waals surface area contributed by atoms with Crippen LogP contribution in [-0.4, -0.2) is 23.9 Å². The molecule has 6 nitrogen and oxygen atoms in total. The number of rotatable bonds is 5. The van der Waals surface area contributed by atoms with Gasteiger partial charge in [-0.25, -0.2) is 9.18 Å². The van der Waals surface area contributed by atoms with E-state index in [2.05, 4.69) is 5.32 Å². The van der Waals surface area contributed by atoms with Crippen LogP contribution in [-0.2, 0) is 9.53 Å². The standard InChI is InChI=1S/C15H12ClFN2O4S/c1-7(13(21)19-14-10(12(18)20)4-5-24-14)23-15(22)9-3-2-8(16)6-11(9)17/h2-7H,1H3,(H2,18,20)(H,19,21). The Bertz CT molecular complexity index is 809. The zero-order chi connectivity index (χ0) is 17.9. The lowest BCUT2D eigenvalue weighted by molar-refractivity contribution is -0.123. The van der Waals surface area contributed by atoms with E-state index >= 15 is 0 Å². The largest absolute Gasteiger partial charge is 0.449 e. The molecule has 2 rings (SSSR count). The van der Waals surface area contributed by atoms with Gasteiger partial charge < -0.3 is 15.8 Å². The molecule has 1 heterocycles. The number of ether oxygens (including phenoxy) is 1. The third-order valence-electron chi connectivity index (χ3n) is 2.97. The van der Waals surface area contributed by atoms with Crippen molar-refractivity contribution < 1.29 is 23.5 Å². The zero-order valence-corrected chi connectivity index (χ0v) is 13.9. The Hall–Kier alpha value is -2.45. The molecule has 1 aromatic carbocycles. The first-order valence-electron chi connectivity index (χ1n) is 6.63. The van der Waals surface area contributed by atoms with E-state index < -0.39 is 29.7 Å². The molecular weight excluding hydrogens is 359 g/mol. The molecule has 126 valence electrons. The summed E-state index contributed by atoms with van der Waals surface area (Å²) in [6.45, 7) is 1.32. The molecule has 9 heteroatoms. The number of anilines is 1. The van der Waals surface area contributed by atoms with Crippen LogP contribution in [0.25, 0.3) is 0 Å². The van der Waals surface area contributed by atoms with Gasteiger partial charge in [0.2, 0.25) is 0 Å². The predicted molar refractivity (Wildman–Crippen MR) is 87.8 cm³/mol. The fraction of sp³-hybridized carbons (Fsp3) is 0.133. The van der Waals surface area contributed by atoms with Crippen LogP contribution in [0.2, 0.25) is 5.02 Å². The minimum Gasteiger partial charge on any atom is -0.449 e. The summed E-state index contributed by atoms with van der Waals surface area (Å²) in [6, 6.07) is 4.92. The topological polar surface area (TPSA) is 98.5 Å². The van der Waals surface area contributed by atoms with Crippen LogP contribution in [0, 0.1) is 5.82 Å². The van der Waals surface area contributed by atoms with Gasteiger partial charge in [0.1, 0.15) is 10.8 Å². The van der Waals surface area contributed by atoms with Crippen LogP contribution in [0.1, 0.15) is 27.6 Å². The van der Waals surface area contributed by atoms with Gasteiger partial charge in [-0.15, -0.1) is 11.3 Å². The van der Waals surface area contributed by atoms with Crippen molar-refractivity contribution in [2.75, 3.05) is 5.32 Å². The molecule has 0 aliphatic rings. The summed E-state index contributed by atoms with van der Waals surface area (Å²) in [4.78, 5) is 35.2. The fourth-order valence-corrected chi connectivity index (χ4v) is 2.70. The SMILES string of the molecule is CC(OC(=O)c1ccc(Cl)cc1F)C(=O)Nc1sccc1C(N)=O. The predicted octanol–water partition coefficient (Wildman–Crippen LogP) is 2.82. The van der Waals surface area contributed by atoms with Gasteiger partial charge in [0.15, 0.2) is 6.10 Å². The third-order valence-corrected chi connectivity index (χ3v) is 4.04. The van der Waals surface area contributed by atoms with Gasteiger partial charge in [-0.1, -0.05) is 11.6 Å². The van der Waals surface area contributed by atoms with Crippen LogP contribution < -0.4 is 11.1 Å². The number of thiophene rings is 1. The summed E-state index contributed by atoms with van der Waals surface area (Å²) in [5.74, 6) is -3.23. The van der Waals surface area contributed by atoms with Crippen molar-refractivity contribution in [1.29, 1.82) is 0 Å². The van der Waals surface area contributed by atoms with Crippen molar-refractivity contribution >= 4 is 45.7 Å². The highest BCUT2D eigenvalue weighted by Crippen LogP contribution is 2.23. The molecule has 0 aliphatic carbocycles. The third kappa shape index (κ3) is 4.09. The van der Waals surface area contributed by atoms with Gasteiger partial charge in [-0.05, 0) is 36.6 Å². The number of amides is 2. The first-order chi connectivity index (χ1) is 11.3. The summed E-state index contributed by atoms with van der Waals surface area (Å²) in [5, 5.41) is 4.39. The molecule has 0 radical (unpaired) electrons. The Kier molecular flexibility index (Phi) is 5.53. The maximum absolute atomic E-state index is 13.7. The van der Waals surface area contributed by atoms with E-state index in [1.807, 2.05) is 0 Å². The van der Waals surface area contributed by atoms with Gasteiger partial charge in [0, 0.05) is 5.02 Å².